The largest absolute Gasteiger partial charge is 0.573 e. The van der Waals surface area contributed by atoms with E-state index in [9.17, 15) is 35.9 Å². The number of halogens is 6. The van der Waals surface area contributed by atoms with Crippen LogP contribution in [0.2, 0.25) is 0 Å². The van der Waals surface area contributed by atoms with Crippen molar-refractivity contribution in [1.29, 1.82) is 0 Å². The molecule has 2 amide bonds. The molecule has 8 nitrogen and oxygen atoms in total. The number of carbonyl (C=O) groups is 2. The number of thioether (sulfide) groups is 1. The van der Waals surface area contributed by atoms with Crippen LogP contribution < -0.4 is 25.3 Å². The van der Waals surface area contributed by atoms with Crippen molar-refractivity contribution in [3.8, 4) is 23.0 Å². The van der Waals surface area contributed by atoms with Crippen molar-refractivity contribution < 1.29 is 50.1 Å². The van der Waals surface area contributed by atoms with Gasteiger partial charge >= 0.3 is 12.5 Å². The molecule has 0 aliphatic heterocycles. The molecular formula is C23H17F6N3O5S. The lowest BCUT2D eigenvalue weighted by Gasteiger charge is -2.20. The molecule has 3 aromatic rings. The zero-order valence-electron chi connectivity index (χ0n) is 19.4. The minimum Gasteiger partial charge on any atom is -0.493 e. The SMILES string of the molecule is COc1cc(OC(F)(F)F)ccc1Oc1ccc(C(F)(F)F)c(SC)c1C(=O)Nc1ccnc(C(N)=O)c1. The van der Waals surface area contributed by atoms with E-state index >= 15 is 0 Å². The summed E-state index contributed by atoms with van der Waals surface area (Å²) in [6.45, 7) is 0. The second-order valence-electron chi connectivity index (χ2n) is 7.23. The van der Waals surface area contributed by atoms with Gasteiger partial charge in [0.05, 0.1) is 18.2 Å². The van der Waals surface area contributed by atoms with Crippen molar-refractivity contribution in [2.45, 2.75) is 17.4 Å². The van der Waals surface area contributed by atoms with Crippen molar-refractivity contribution in [1.82, 2.24) is 4.98 Å². The molecule has 0 saturated carbocycles. The van der Waals surface area contributed by atoms with Crippen LogP contribution in [0, 0.1) is 0 Å². The van der Waals surface area contributed by atoms with E-state index in [4.69, 9.17) is 15.2 Å². The van der Waals surface area contributed by atoms with E-state index in [2.05, 4.69) is 15.0 Å². The predicted molar refractivity (Wildman–Crippen MR) is 124 cm³/mol. The van der Waals surface area contributed by atoms with Gasteiger partial charge in [0, 0.05) is 22.8 Å². The first-order valence-corrected chi connectivity index (χ1v) is 11.4. The number of carbonyl (C=O) groups excluding carboxylic acids is 2. The summed E-state index contributed by atoms with van der Waals surface area (Å²) in [4.78, 5) is 27.9. The van der Waals surface area contributed by atoms with Gasteiger partial charge < -0.3 is 25.3 Å². The van der Waals surface area contributed by atoms with Gasteiger partial charge in [0.15, 0.2) is 11.5 Å². The molecule has 15 heteroatoms. The molecule has 0 radical (unpaired) electrons. The van der Waals surface area contributed by atoms with Gasteiger partial charge in [-0.3, -0.25) is 14.6 Å². The number of pyridine rings is 1. The summed E-state index contributed by atoms with van der Waals surface area (Å²) in [5.74, 6) is -3.44. The van der Waals surface area contributed by atoms with Crippen LogP contribution in [-0.2, 0) is 6.18 Å². The number of amides is 2. The fourth-order valence-corrected chi connectivity index (χ4v) is 3.99. The third-order valence-electron chi connectivity index (χ3n) is 4.71. The van der Waals surface area contributed by atoms with Gasteiger partial charge in [0.25, 0.3) is 11.8 Å². The smallest absolute Gasteiger partial charge is 0.493 e. The highest BCUT2D eigenvalue weighted by Crippen LogP contribution is 2.44. The van der Waals surface area contributed by atoms with E-state index in [1.165, 1.54) is 12.3 Å². The standard InChI is InChI=1S/C23H17F6N3O5S/c1-35-17-10-12(37-23(27,28)29)3-5-15(17)36-16-6-4-13(22(24,25)26)19(38-2)18(16)21(34)32-11-7-8-31-14(9-11)20(30)33/h3-10H,1-2H3,(H2,30,33)(H,31,32,34). The topological polar surface area (TPSA) is 113 Å². The summed E-state index contributed by atoms with van der Waals surface area (Å²) < 4.78 is 93.4. The van der Waals surface area contributed by atoms with Crippen molar-refractivity contribution in [2.24, 2.45) is 5.73 Å². The lowest BCUT2D eigenvalue weighted by atomic mass is 10.1. The highest BCUT2D eigenvalue weighted by Gasteiger charge is 2.37. The maximum absolute atomic E-state index is 13.7. The third kappa shape index (κ3) is 6.79. The van der Waals surface area contributed by atoms with Gasteiger partial charge in [-0.2, -0.15) is 13.2 Å². The average molecular weight is 561 g/mol. The molecule has 0 atom stereocenters. The second kappa shape index (κ2) is 11.1. The number of primary amides is 1. The molecule has 1 aromatic heterocycles. The van der Waals surface area contributed by atoms with Gasteiger partial charge in [0.1, 0.15) is 17.2 Å². The summed E-state index contributed by atoms with van der Waals surface area (Å²) in [6, 6.07) is 6.76. The second-order valence-corrected chi connectivity index (χ2v) is 8.04. The molecule has 0 unspecified atom stereocenters. The Labute approximate surface area is 215 Å². The van der Waals surface area contributed by atoms with Gasteiger partial charge in [-0.1, -0.05) is 0 Å². The summed E-state index contributed by atoms with van der Waals surface area (Å²) in [5, 5.41) is 2.37. The van der Waals surface area contributed by atoms with Crippen LogP contribution in [0.4, 0.5) is 32.0 Å². The van der Waals surface area contributed by atoms with Crippen LogP contribution in [-0.4, -0.2) is 36.5 Å². The number of nitrogens with two attached hydrogens (primary N) is 1. The monoisotopic (exact) mass is 561 g/mol. The molecule has 3 N–H and O–H groups in total. The van der Waals surface area contributed by atoms with Gasteiger partial charge in [-0.05, 0) is 42.7 Å². The Morgan fingerprint density at radius 2 is 1.66 bits per heavy atom. The highest BCUT2D eigenvalue weighted by atomic mass is 32.2. The number of hydrogen-bond donors (Lipinski definition) is 2. The summed E-state index contributed by atoms with van der Waals surface area (Å²) in [5.41, 5.74) is 3.30. The molecule has 0 fully saturated rings. The van der Waals surface area contributed by atoms with Gasteiger partial charge in [-0.15, -0.1) is 24.9 Å². The maximum atomic E-state index is 13.7. The van der Waals surface area contributed by atoms with Crippen LogP contribution in [0.25, 0.3) is 0 Å². The number of hydrogen-bond acceptors (Lipinski definition) is 7. The van der Waals surface area contributed by atoms with E-state index < -0.39 is 46.1 Å². The Morgan fingerprint density at radius 1 is 0.974 bits per heavy atom. The molecule has 0 aliphatic carbocycles. The van der Waals surface area contributed by atoms with E-state index in [0.29, 0.717) is 17.8 Å². The first-order chi connectivity index (χ1) is 17.7. The van der Waals surface area contributed by atoms with E-state index in [0.717, 1.165) is 43.6 Å². The van der Waals surface area contributed by atoms with E-state index in [1.54, 1.807) is 0 Å². The Kier molecular flexibility index (Phi) is 8.29. The molecule has 2 aromatic carbocycles. The summed E-state index contributed by atoms with van der Waals surface area (Å²) in [6.07, 6.45) is -7.35. The summed E-state index contributed by atoms with van der Waals surface area (Å²) in [7, 11) is 1.12. The quantitative estimate of drug-likeness (QED) is 0.261. The predicted octanol–water partition coefficient (Wildman–Crippen LogP) is 5.87. The van der Waals surface area contributed by atoms with Crippen molar-refractivity contribution in [3.63, 3.8) is 0 Å². The maximum Gasteiger partial charge on any atom is 0.573 e. The van der Waals surface area contributed by atoms with Crippen LogP contribution in [0.1, 0.15) is 26.4 Å². The van der Waals surface area contributed by atoms with Crippen LogP contribution >= 0.6 is 11.8 Å². The first-order valence-electron chi connectivity index (χ1n) is 10.2. The average Bonchev–Trinajstić information content (AvgIpc) is 2.82. The van der Waals surface area contributed by atoms with Gasteiger partial charge in [-0.25, -0.2) is 0 Å². The molecule has 1 heterocycles. The molecule has 0 bridgehead atoms. The minimum atomic E-state index is -4.99. The number of anilines is 1. The third-order valence-corrected chi connectivity index (χ3v) is 5.55. The zero-order chi connectivity index (χ0) is 28.3. The molecule has 3 rings (SSSR count). The van der Waals surface area contributed by atoms with E-state index in [-0.39, 0.29) is 28.6 Å². The molecular weight excluding hydrogens is 544 g/mol. The Hall–Kier alpha value is -4.14. The highest BCUT2D eigenvalue weighted by molar-refractivity contribution is 7.98. The lowest BCUT2D eigenvalue weighted by molar-refractivity contribution is -0.274. The lowest BCUT2D eigenvalue weighted by Crippen LogP contribution is -2.19. The molecule has 0 spiro atoms. The number of rotatable bonds is 8. The van der Waals surface area contributed by atoms with Crippen LogP contribution in [0.3, 0.4) is 0 Å². The minimum absolute atomic E-state index is 0.000415. The van der Waals surface area contributed by atoms with Crippen LogP contribution in [0.15, 0.2) is 53.6 Å². The number of aromatic nitrogens is 1. The molecule has 0 saturated heterocycles. The van der Waals surface area contributed by atoms with Crippen molar-refractivity contribution in [3.05, 3.63) is 65.5 Å². The van der Waals surface area contributed by atoms with Crippen molar-refractivity contribution in [2.75, 3.05) is 18.7 Å². The fourth-order valence-electron chi connectivity index (χ4n) is 3.18. The number of methoxy groups -OCH3 is 1. The summed E-state index contributed by atoms with van der Waals surface area (Å²) >= 11 is 0.616. The molecule has 38 heavy (non-hydrogen) atoms. The number of alkyl halides is 6. The molecule has 0 aliphatic rings. The Balaban J connectivity index is 2.10. The normalized spacial score (nSPS) is 11.6. The fraction of sp³-hybridized carbons (Fsp3) is 0.174. The Bertz CT molecular complexity index is 1360. The number of nitrogens with zero attached hydrogens (tertiary/aromatic N) is 1. The number of ether oxygens (including phenoxy) is 3. The molecule has 202 valence electrons. The Morgan fingerprint density at radius 3 is 2.24 bits per heavy atom. The van der Waals surface area contributed by atoms with Crippen LogP contribution in [0.5, 0.6) is 23.0 Å². The van der Waals surface area contributed by atoms with E-state index in [1.807, 2.05) is 0 Å². The van der Waals surface area contributed by atoms with Gasteiger partial charge in [0.2, 0.25) is 0 Å². The number of benzene rings is 2. The number of nitrogens with one attached hydrogen (secondary N) is 1. The van der Waals surface area contributed by atoms with Crippen molar-refractivity contribution >= 4 is 29.3 Å². The first kappa shape index (κ1) is 28.4. The zero-order valence-corrected chi connectivity index (χ0v) is 20.2.